The third-order valence-electron chi connectivity index (χ3n) is 5.60. The van der Waals surface area contributed by atoms with Crippen LogP contribution >= 0.6 is 11.8 Å². The molecule has 2 saturated heterocycles. The molecule has 3 aliphatic rings. The van der Waals surface area contributed by atoms with Gasteiger partial charge in [0.15, 0.2) is 5.17 Å². The molecule has 0 saturated carbocycles. The Kier molecular flexibility index (Phi) is 4.49. The lowest BCUT2D eigenvalue weighted by molar-refractivity contribution is -0.120. The van der Waals surface area contributed by atoms with Gasteiger partial charge in [-0.05, 0) is 29.5 Å². The van der Waals surface area contributed by atoms with E-state index < -0.39 is 0 Å². The molecule has 1 aromatic heterocycles. The monoisotopic (exact) mass is 382 g/mol. The second kappa shape index (κ2) is 7.13. The quantitative estimate of drug-likeness (QED) is 0.817. The van der Waals surface area contributed by atoms with Crippen molar-refractivity contribution in [3.8, 4) is 0 Å². The number of amidine groups is 1. The number of hydrogen-bond donors (Lipinski definition) is 1. The van der Waals surface area contributed by atoms with E-state index in [1.165, 1.54) is 10.9 Å². The lowest BCUT2D eigenvalue weighted by Crippen LogP contribution is -2.39. The number of nitrogens with one attached hydrogen (secondary N) is 1. The summed E-state index contributed by atoms with van der Waals surface area (Å²) in [6.07, 6.45) is 4.63. The zero-order valence-corrected chi connectivity index (χ0v) is 15.8. The van der Waals surface area contributed by atoms with E-state index >= 15 is 0 Å². The summed E-state index contributed by atoms with van der Waals surface area (Å²) in [5.41, 5.74) is 1.24. The Morgan fingerprint density at radius 2 is 2.07 bits per heavy atom. The van der Waals surface area contributed by atoms with Gasteiger partial charge in [-0.25, -0.2) is 0 Å². The summed E-state index contributed by atoms with van der Waals surface area (Å²) in [6, 6.07) is 8.56. The van der Waals surface area contributed by atoms with E-state index in [4.69, 9.17) is 9.73 Å². The van der Waals surface area contributed by atoms with E-state index in [0.717, 1.165) is 43.3 Å². The number of aromatic nitrogens is 1. The van der Waals surface area contributed by atoms with Crippen molar-refractivity contribution >= 4 is 33.6 Å². The maximum atomic E-state index is 12.7. The van der Waals surface area contributed by atoms with Gasteiger partial charge in [-0.15, -0.1) is 0 Å². The maximum absolute atomic E-state index is 12.7. The topological polar surface area (TPSA) is 66.8 Å². The van der Waals surface area contributed by atoms with Crippen LogP contribution in [0.4, 0.5) is 0 Å². The highest BCUT2D eigenvalue weighted by Crippen LogP contribution is 2.40. The molecule has 2 fully saturated rings. The van der Waals surface area contributed by atoms with Gasteiger partial charge in [-0.2, -0.15) is 0 Å². The van der Waals surface area contributed by atoms with Crippen LogP contribution in [-0.2, 0) is 9.53 Å². The first kappa shape index (κ1) is 17.0. The molecule has 0 aliphatic carbocycles. The molecular weight excluding hydrogens is 360 g/mol. The van der Waals surface area contributed by atoms with E-state index in [2.05, 4.69) is 33.4 Å². The Labute approximate surface area is 162 Å². The number of rotatable bonds is 1. The minimum atomic E-state index is -0.153. The van der Waals surface area contributed by atoms with E-state index in [0.29, 0.717) is 6.54 Å². The van der Waals surface area contributed by atoms with Gasteiger partial charge >= 0.3 is 0 Å². The molecule has 3 unspecified atom stereocenters. The van der Waals surface area contributed by atoms with Gasteiger partial charge in [0.05, 0.1) is 19.3 Å². The van der Waals surface area contributed by atoms with Crippen molar-refractivity contribution in [2.24, 2.45) is 4.99 Å². The maximum Gasteiger partial charge on any atom is 0.235 e. The van der Waals surface area contributed by atoms with E-state index in [1.807, 2.05) is 18.5 Å². The molecule has 1 amide bonds. The number of pyridine rings is 1. The van der Waals surface area contributed by atoms with Gasteiger partial charge in [0.1, 0.15) is 5.25 Å². The number of thioether (sulfide) groups is 1. The van der Waals surface area contributed by atoms with E-state index in [1.54, 1.807) is 11.8 Å². The fourth-order valence-electron chi connectivity index (χ4n) is 4.15. The SMILES string of the molecule is O=C1NCCC(c2ccc3ccncc3c2)C2N=C(N3CCOCC3)SC12. The summed E-state index contributed by atoms with van der Waals surface area (Å²) >= 11 is 1.62. The molecule has 3 aliphatic heterocycles. The van der Waals surface area contributed by atoms with Crippen molar-refractivity contribution < 1.29 is 9.53 Å². The number of benzene rings is 1. The molecule has 4 heterocycles. The van der Waals surface area contributed by atoms with Gasteiger partial charge in [0.25, 0.3) is 0 Å². The number of ether oxygens (including phenoxy) is 1. The lowest BCUT2D eigenvalue weighted by atomic mass is 9.87. The van der Waals surface area contributed by atoms with Crippen LogP contribution in [0.25, 0.3) is 10.8 Å². The first-order valence-corrected chi connectivity index (χ1v) is 10.4. The van der Waals surface area contributed by atoms with Crippen molar-refractivity contribution in [2.75, 3.05) is 32.8 Å². The molecule has 1 aromatic carbocycles. The van der Waals surface area contributed by atoms with Gasteiger partial charge < -0.3 is 15.0 Å². The Hall–Kier alpha value is -2.12. The van der Waals surface area contributed by atoms with Crippen LogP contribution in [0.1, 0.15) is 17.9 Å². The van der Waals surface area contributed by atoms with Crippen LogP contribution in [0.3, 0.4) is 0 Å². The van der Waals surface area contributed by atoms with Crippen LogP contribution in [-0.4, -0.2) is 65.1 Å². The number of nitrogens with zero attached hydrogens (tertiary/aromatic N) is 3. The Morgan fingerprint density at radius 3 is 2.96 bits per heavy atom. The molecule has 0 spiro atoms. The largest absolute Gasteiger partial charge is 0.378 e. The molecule has 1 N–H and O–H groups in total. The molecule has 6 nitrogen and oxygen atoms in total. The number of aliphatic imine (C=N–C) groups is 1. The summed E-state index contributed by atoms with van der Waals surface area (Å²) in [5.74, 6) is 0.339. The molecule has 5 rings (SSSR count). The first-order valence-electron chi connectivity index (χ1n) is 9.48. The Morgan fingerprint density at radius 1 is 1.19 bits per heavy atom. The number of amides is 1. The number of morpholine rings is 1. The predicted molar refractivity (Wildman–Crippen MR) is 107 cm³/mol. The number of carbonyl (C=O) groups excluding carboxylic acids is 1. The zero-order chi connectivity index (χ0) is 18.2. The first-order chi connectivity index (χ1) is 13.3. The standard InChI is InChI=1S/C20H22N4O2S/c25-19-18-17(23-20(27-18)24-7-9-26-10-8-24)16(4-6-22-19)14-2-1-13-3-5-21-12-15(13)11-14/h1-3,5,11-12,16-18H,4,6-10H2,(H,22,25). The molecule has 27 heavy (non-hydrogen) atoms. The smallest absolute Gasteiger partial charge is 0.235 e. The summed E-state index contributed by atoms with van der Waals surface area (Å²) in [6.45, 7) is 3.84. The summed E-state index contributed by atoms with van der Waals surface area (Å²) < 4.78 is 5.46. The summed E-state index contributed by atoms with van der Waals surface area (Å²) in [4.78, 5) is 24.2. The van der Waals surface area contributed by atoms with Crippen LogP contribution < -0.4 is 5.32 Å². The number of hydrogen-bond acceptors (Lipinski definition) is 6. The fourth-order valence-corrected chi connectivity index (χ4v) is 5.47. The van der Waals surface area contributed by atoms with Crippen molar-refractivity contribution in [2.45, 2.75) is 23.6 Å². The van der Waals surface area contributed by atoms with Crippen molar-refractivity contribution in [3.63, 3.8) is 0 Å². The Bertz CT molecular complexity index is 896. The van der Waals surface area contributed by atoms with Gasteiger partial charge in [-0.3, -0.25) is 14.8 Å². The zero-order valence-electron chi connectivity index (χ0n) is 15.0. The molecule has 3 atom stereocenters. The van der Waals surface area contributed by atoms with Gasteiger partial charge in [0, 0.05) is 43.3 Å². The third-order valence-corrected chi connectivity index (χ3v) is 6.92. The minimum Gasteiger partial charge on any atom is -0.378 e. The van der Waals surface area contributed by atoms with Crippen molar-refractivity contribution in [1.29, 1.82) is 0 Å². The van der Waals surface area contributed by atoms with Crippen LogP contribution in [0, 0.1) is 0 Å². The van der Waals surface area contributed by atoms with Gasteiger partial charge in [0.2, 0.25) is 5.91 Å². The average Bonchev–Trinajstić information content (AvgIpc) is 3.10. The molecule has 140 valence electrons. The van der Waals surface area contributed by atoms with Gasteiger partial charge in [-0.1, -0.05) is 23.9 Å². The van der Waals surface area contributed by atoms with Crippen molar-refractivity contribution in [3.05, 3.63) is 42.2 Å². The average molecular weight is 382 g/mol. The highest BCUT2D eigenvalue weighted by atomic mass is 32.2. The second-order valence-corrected chi connectivity index (χ2v) is 8.32. The van der Waals surface area contributed by atoms with Crippen molar-refractivity contribution in [1.82, 2.24) is 15.2 Å². The van der Waals surface area contributed by atoms with Crippen LogP contribution in [0.2, 0.25) is 0 Å². The highest BCUT2D eigenvalue weighted by molar-refractivity contribution is 8.15. The van der Waals surface area contributed by atoms with E-state index in [9.17, 15) is 4.79 Å². The highest BCUT2D eigenvalue weighted by Gasteiger charge is 2.44. The molecule has 0 radical (unpaired) electrons. The lowest BCUT2D eigenvalue weighted by Gasteiger charge is -2.28. The number of carbonyl (C=O) groups is 1. The molecular formula is C20H22N4O2S. The molecule has 7 heteroatoms. The summed E-state index contributed by atoms with van der Waals surface area (Å²) in [5, 5.41) is 6.26. The summed E-state index contributed by atoms with van der Waals surface area (Å²) in [7, 11) is 0. The predicted octanol–water partition coefficient (Wildman–Crippen LogP) is 2.01. The second-order valence-electron chi connectivity index (χ2n) is 7.21. The third kappa shape index (κ3) is 3.19. The van der Waals surface area contributed by atoms with Crippen LogP contribution in [0.5, 0.6) is 0 Å². The Balaban J connectivity index is 1.50. The fraction of sp³-hybridized carbons (Fsp3) is 0.450. The molecule has 0 bridgehead atoms. The normalized spacial score (nSPS) is 28.4. The number of fused-ring (bicyclic) bond motifs is 2. The van der Waals surface area contributed by atoms with Crippen LogP contribution in [0.15, 0.2) is 41.7 Å². The molecule has 2 aromatic rings. The minimum absolute atomic E-state index is 0.0236. The van der Waals surface area contributed by atoms with E-state index in [-0.39, 0.29) is 23.1 Å².